The van der Waals surface area contributed by atoms with E-state index in [1.165, 1.54) is 0 Å². The summed E-state index contributed by atoms with van der Waals surface area (Å²) in [6, 6.07) is 5.25. The summed E-state index contributed by atoms with van der Waals surface area (Å²) in [6.07, 6.45) is 0.0746. The van der Waals surface area contributed by atoms with Gasteiger partial charge in [-0.1, -0.05) is 40.7 Å². The van der Waals surface area contributed by atoms with E-state index in [1.807, 2.05) is 6.92 Å². The van der Waals surface area contributed by atoms with E-state index < -0.39 is 0 Å². The Bertz CT molecular complexity index is 418. The third-order valence-electron chi connectivity index (χ3n) is 3.61. The summed E-state index contributed by atoms with van der Waals surface area (Å²) >= 11 is 0. The largest absolute Gasteiger partial charge is 0.371 e. The fourth-order valence-corrected chi connectivity index (χ4v) is 1.84. The highest BCUT2D eigenvalue weighted by molar-refractivity contribution is 5.30. The first-order valence-corrected chi connectivity index (χ1v) is 7.07. The summed E-state index contributed by atoms with van der Waals surface area (Å²) in [5.74, 6) is 0.271. The van der Waals surface area contributed by atoms with Gasteiger partial charge in [0.1, 0.15) is 5.82 Å². The van der Waals surface area contributed by atoms with Crippen LogP contribution in [0.3, 0.4) is 0 Å². The zero-order valence-electron chi connectivity index (χ0n) is 13.3. The normalized spacial score (nSPS) is 15.6. The molecule has 0 fully saturated rings. The summed E-state index contributed by atoms with van der Waals surface area (Å²) in [4.78, 5) is 0. The summed E-state index contributed by atoms with van der Waals surface area (Å²) in [7, 11) is 0. The highest BCUT2D eigenvalue weighted by Crippen LogP contribution is 2.28. The molecule has 0 aliphatic rings. The van der Waals surface area contributed by atoms with Crippen LogP contribution < -0.4 is 0 Å². The van der Waals surface area contributed by atoms with Crippen LogP contribution in [0.15, 0.2) is 18.2 Å². The van der Waals surface area contributed by atoms with E-state index in [-0.39, 0.29) is 23.4 Å². The molecule has 0 heterocycles. The molecule has 1 rings (SSSR count). The molecule has 1 aromatic carbocycles. The van der Waals surface area contributed by atoms with Gasteiger partial charge in [-0.2, -0.15) is 0 Å². The van der Waals surface area contributed by atoms with Crippen LogP contribution in [0.2, 0.25) is 0 Å². The molecular weight excluding hydrogens is 239 g/mol. The summed E-state index contributed by atoms with van der Waals surface area (Å²) < 4.78 is 19.7. The van der Waals surface area contributed by atoms with Crippen LogP contribution in [-0.2, 0) is 10.2 Å². The fourth-order valence-electron chi connectivity index (χ4n) is 1.84. The number of hydrogen-bond donors (Lipinski definition) is 0. The van der Waals surface area contributed by atoms with Crippen LogP contribution in [0.25, 0.3) is 0 Å². The van der Waals surface area contributed by atoms with E-state index in [4.69, 9.17) is 4.74 Å². The van der Waals surface area contributed by atoms with Crippen LogP contribution in [0.1, 0.15) is 65.7 Å². The second kappa shape index (κ2) is 6.04. The van der Waals surface area contributed by atoms with E-state index in [9.17, 15) is 4.39 Å². The van der Waals surface area contributed by atoms with Crippen molar-refractivity contribution in [2.45, 2.75) is 66.1 Å². The van der Waals surface area contributed by atoms with E-state index in [0.717, 1.165) is 11.1 Å². The van der Waals surface area contributed by atoms with E-state index in [1.54, 1.807) is 12.1 Å². The number of hydrogen-bond acceptors (Lipinski definition) is 1. The van der Waals surface area contributed by atoms with Gasteiger partial charge >= 0.3 is 0 Å². The van der Waals surface area contributed by atoms with Gasteiger partial charge < -0.3 is 4.74 Å². The topological polar surface area (TPSA) is 9.23 Å². The molecule has 0 radical (unpaired) electrons. The second-order valence-corrected chi connectivity index (χ2v) is 6.75. The Balaban J connectivity index is 2.97. The standard InChI is InChI=1S/C17H27FO/c1-11(2)12(3)19-13(4)14-8-15(17(5,6)7)10-16(18)9-14/h8-13H,1-7H3/t12?,13-/m1/s1. The fraction of sp³-hybridized carbons (Fsp3) is 0.647. The first-order valence-electron chi connectivity index (χ1n) is 7.07. The second-order valence-electron chi connectivity index (χ2n) is 6.75. The van der Waals surface area contributed by atoms with Crippen LogP contribution in [-0.4, -0.2) is 6.10 Å². The van der Waals surface area contributed by atoms with Gasteiger partial charge in [-0.25, -0.2) is 4.39 Å². The molecule has 0 aliphatic carbocycles. The Hall–Kier alpha value is -0.890. The molecule has 0 spiro atoms. The number of halogens is 1. The van der Waals surface area contributed by atoms with Crippen LogP contribution in [0.5, 0.6) is 0 Å². The predicted molar refractivity (Wildman–Crippen MR) is 78.9 cm³/mol. The predicted octanol–water partition coefficient (Wildman–Crippen LogP) is 5.25. The van der Waals surface area contributed by atoms with Crippen molar-refractivity contribution in [3.63, 3.8) is 0 Å². The van der Waals surface area contributed by atoms with Gasteiger partial charge in [0.15, 0.2) is 0 Å². The number of benzene rings is 1. The Morgan fingerprint density at radius 1 is 1.00 bits per heavy atom. The van der Waals surface area contributed by atoms with Crippen molar-refractivity contribution in [2.75, 3.05) is 0 Å². The average Bonchev–Trinajstić information content (AvgIpc) is 2.26. The lowest BCUT2D eigenvalue weighted by Crippen LogP contribution is -2.18. The molecule has 2 atom stereocenters. The molecule has 1 aromatic rings. The molecule has 0 bridgehead atoms. The Morgan fingerprint density at radius 3 is 2.05 bits per heavy atom. The highest BCUT2D eigenvalue weighted by Gasteiger charge is 2.19. The maximum atomic E-state index is 13.8. The third-order valence-corrected chi connectivity index (χ3v) is 3.61. The third kappa shape index (κ3) is 4.61. The lowest BCUT2D eigenvalue weighted by atomic mass is 9.85. The monoisotopic (exact) mass is 266 g/mol. The Kier molecular flexibility index (Phi) is 5.14. The van der Waals surface area contributed by atoms with Gasteiger partial charge in [-0.15, -0.1) is 0 Å². The molecule has 108 valence electrons. The lowest BCUT2D eigenvalue weighted by molar-refractivity contribution is -0.0174. The highest BCUT2D eigenvalue weighted by atomic mass is 19.1. The van der Waals surface area contributed by atoms with Crippen LogP contribution in [0, 0.1) is 11.7 Å². The van der Waals surface area contributed by atoms with Crippen molar-refractivity contribution in [2.24, 2.45) is 5.92 Å². The van der Waals surface area contributed by atoms with Gasteiger partial charge in [-0.3, -0.25) is 0 Å². The molecule has 0 aromatic heterocycles. The van der Waals surface area contributed by atoms with Gasteiger partial charge in [0.25, 0.3) is 0 Å². The zero-order chi connectivity index (χ0) is 14.8. The molecule has 19 heavy (non-hydrogen) atoms. The minimum absolute atomic E-state index is 0.0553. The SMILES string of the molecule is CC(C)C(C)O[C@H](C)c1cc(F)cc(C(C)(C)C)c1. The van der Waals surface area contributed by atoms with Gasteiger partial charge in [0.2, 0.25) is 0 Å². The lowest BCUT2D eigenvalue weighted by Gasteiger charge is -2.25. The summed E-state index contributed by atoms with van der Waals surface area (Å²) in [5.41, 5.74) is 1.87. The number of ether oxygens (including phenoxy) is 1. The molecule has 1 nitrogen and oxygen atoms in total. The first-order chi connectivity index (χ1) is 8.61. The van der Waals surface area contributed by atoms with E-state index >= 15 is 0 Å². The minimum atomic E-state index is -0.185. The van der Waals surface area contributed by atoms with Crippen molar-refractivity contribution >= 4 is 0 Å². The zero-order valence-corrected chi connectivity index (χ0v) is 13.3. The molecule has 2 heteroatoms. The van der Waals surface area contributed by atoms with Crippen molar-refractivity contribution in [1.82, 2.24) is 0 Å². The first kappa shape index (κ1) is 16.2. The van der Waals surface area contributed by atoms with Crippen LogP contribution in [0.4, 0.5) is 4.39 Å². The van der Waals surface area contributed by atoms with Crippen molar-refractivity contribution < 1.29 is 9.13 Å². The van der Waals surface area contributed by atoms with Crippen molar-refractivity contribution in [1.29, 1.82) is 0 Å². The van der Waals surface area contributed by atoms with Crippen molar-refractivity contribution in [3.05, 3.63) is 35.1 Å². The van der Waals surface area contributed by atoms with E-state index in [0.29, 0.717) is 5.92 Å². The summed E-state index contributed by atoms with van der Waals surface area (Å²) in [6.45, 7) is 14.6. The van der Waals surface area contributed by atoms with E-state index in [2.05, 4.69) is 47.6 Å². The quantitative estimate of drug-likeness (QED) is 0.723. The smallest absolute Gasteiger partial charge is 0.123 e. The van der Waals surface area contributed by atoms with Crippen LogP contribution >= 0.6 is 0 Å². The number of rotatable bonds is 4. The maximum absolute atomic E-state index is 13.8. The molecule has 0 saturated heterocycles. The molecule has 0 N–H and O–H groups in total. The van der Waals surface area contributed by atoms with Gasteiger partial charge in [-0.05, 0) is 48.4 Å². The maximum Gasteiger partial charge on any atom is 0.123 e. The Labute approximate surface area is 117 Å². The summed E-state index contributed by atoms with van der Waals surface area (Å²) in [5, 5.41) is 0. The van der Waals surface area contributed by atoms with Gasteiger partial charge in [0.05, 0.1) is 12.2 Å². The average molecular weight is 266 g/mol. The molecular formula is C17H27FO. The minimum Gasteiger partial charge on any atom is -0.371 e. The van der Waals surface area contributed by atoms with Crippen molar-refractivity contribution in [3.8, 4) is 0 Å². The Morgan fingerprint density at radius 2 is 1.58 bits per heavy atom. The van der Waals surface area contributed by atoms with Gasteiger partial charge in [0, 0.05) is 0 Å². The molecule has 0 amide bonds. The molecule has 0 saturated carbocycles. The molecule has 0 aliphatic heterocycles. The molecule has 1 unspecified atom stereocenters.